The van der Waals surface area contributed by atoms with Crippen molar-refractivity contribution in [3.05, 3.63) is 12.2 Å². The van der Waals surface area contributed by atoms with Gasteiger partial charge in [0.05, 0.1) is 13.5 Å². The molecule has 0 aromatic rings. The van der Waals surface area contributed by atoms with E-state index in [0.29, 0.717) is 18.5 Å². The second-order valence-corrected chi connectivity index (χ2v) is 5.09. The van der Waals surface area contributed by atoms with Crippen LogP contribution in [0.25, 0.3) is 0 Å². The van der Waals surface area contributed by atoms with E-state index in [1.165, 1.54) is 39.2 Å². The Morgan fingerprint density at radius 1 is 1.35 bits per heavy atom. The molecule has 1 heterocycles. The molecule has 1 aliphatic heterocycles. The lowest BCUT2D eigenvalue weighted by Gasteiger charge is -2.40. The first kappa shape index (κ1) is 12.6. The monoisotopic (exact) mass is 237 g/mol. The Hall–Kier alpha value is -0.830. The van der Waals surface area contributed by atoms with Crippen LogP contribution in [0.1, 0.15) is 44.9 Å². The lowest BCUT2D eigenvalue weighted by atomic mass is 9.93. The van der Waals surface area contributed by atoms with Gasteiger partial charge in [0.15, 0.2) is 0 Å². The van der Waals surface area contributed by atoms with Crippen LogP contribution in [0.3, 0.4) is 0 Å². The van der Waals surface area contributed by atoms with Crippen molar-refractivity contribution in [2.45, 2.75) is 57.0 Å². The van der Waals surface area contributed by atoms with Gasteiger partial charge < -0.3 is 4.74 Å². The van der Waals surface area contributed by atoms with Crippen molar-refractivity contribution in [3.63, 3.8) is 0 Å². The molecule has 0 N–H and O–H groups in total. The van der Waals surface area contributed by atoms with Crippen LogP contribution >= 0.6 is 0 Å². The Kier molecular flexibility index (Phi) is 4.60. The molecule has 1 fully saturated rings. The molecule has 3 heteroatoms. The maximum Gasteiger partial charge on any atom is 0.307 e. The van der Waals surface area contributed by atoms with E-state index >= 15 is 0 Å². The van der Waals surface area contributed by atoms with Gasteiger partial charge in [0.25, 0.3) is 0 Å². The fourth-order valence-electron chi connectivity index (χ4n) is 3.03. The third-order valence-corrected chi connectivity index (χ3v) is 3.96. The molecule has 1 saturated heterocycles. The Balaban J connectivity index is 1.98. The molecule has 2 unspecified atom stereocenters. The van der Waals surface area contributed by atoms with Crippen LogP contribution in [-0.4, -0.2) is 36.6 Å². The van der Waals surface area contributed by atoms with E-state index < -0.39 is 0 Å². The number of nitrogens with zero attached hydrogens (tertiary/aromatic N) is 1. The van der Waals surface area contributed by atoms with Crippen LogP contribution in [0.5, 0.6) is 0 Å². The number of piperidine rings is 1. The zero-order valence-electron chi connectivity index (χ0n) is 10.7. The number of allylic oxidation sites excluding steroid dienone is 1. The van der Waals surface area contributed by atoms with Gasteiger partial charge in [-0.1, -0.05) is 18.6 Å². The third kappa shape index (κ3) is 3.32. The maximum absolute atomic E-state index is 11.4. The third-order valence-electron chi connectivity index (χ3n) is 3.96. The minimum Gasteiger partial charge on any atom is -0.469 e. The van der Waals surface area contributed by atoms with Crippen molar-refractivity contribution in [2.24, 2.45) is 0 Å². The van der Waals surface area contributed by atoms with Gasteiger partial charge in [0, 0.05) is 12.1 Å². The van der Waals surface area contributed by atoms with E-state index in [2.05, 4.69) is 17.1 Å². The first-order valence-corrected chi connectivity index (χ1v) is 6.80. The Morgan fingerprint density at radius 2 is 2.24 bits per heavy atom. The Bertz CT molecular complexity index is 288. The molecule has 2 rings (SSSR count). The minimum absolute atomic E-state index is 0.0679. The van der Waals surface area contributed by atoms with Crippen molar-refractivity contribution in [2.75, 3.05) is 13.7 Å². The highest BCUT2D eigenvalue weighted by Crippen LogP contribution is 2.26. The second kappa shape index (κ2) is 6.20. The Labute approximate surface area is 104 Å². The SMILES string of the molecule is COC(=O)CC1CCCCN1C1C=CCCC1. The van der Waals surface area contributed by atoms with Gasteiger partial charge in [-0.3, -0.25) is 9.69 Å². The molecular formula is C14H23NO2. The fraction of sp³-hybridized carbons (Fsp3) is 0.786. The van der Waals surface area contributed by atoms with Gasteiger partial charge in [0.2, 0.25) is 0 Å². The second-order valence-electron chi connectivity index (χ2n) is 5.09. The Morgan fingerprint density at radius 3 is 2.94 bits per heavy atom. The van der Waals surface area contributed by atoms with E-state index in [1.807, 2.05) is 0 Å². The summed E-state index contributed by atoms with van der Waals surface area (Å²) in [4.78, 5) is 14.0. The number of carbonyl (C=O) groups is 1. The summed E-state index contributed by atoms with van der Waals surface area (Å²) in [7, 11) is 1.48. The van der Waals surface area contributed by atoms with Crippen LogP contribution in [-0.2, 0) is 9.53 Å². The molecule has 0 bridgehead atoms. The molecule has 3 nitrogen and oxygen atoms in total. The molecular weight excluding hydrogens is 214 g/mol. The molecule has 96 valence electrons. The van der Waals surface area contributed by atoms with Crippen LogP contribution in [0.4, 0.5) is 0 Å². The molecule has 0 spiro atoms. The summed E-state index contributed by atoms with van der Waals surface area (Å²) in [5.41, 5.74) is 0. The molecule has 0 amide bonds. The van der Waals surface area contributed by atoms with Gasteiger partial charge in [0.1, 0.15) is 0 Å². The molecule has 0 saturated carbocycles. The van der Waals surface area contributed by atoms with Gasteiger partial charge in [-0.15, -0.1) is 0 Å². The number of hydrogen-bond donors (Lipinski definition) is 0. The lowest BCUT2D eigenvalue weighted by molar-refractivity contribution is -0.142. The predicted molar refractivity (Wildman–Crippen MR) is 67.8 cm³/mol. The molecule has 0 aromatic heterocycles. The molecule has 0 aromatic carbocycles. The van der Waals surface area contributed by atoms with Crippen molar-refractivity contribution >= 4 is 5.97 Å². The van der Waals surface area contributed by atoms with Crippen molar-refractivity contribution in [1.82, 2.24) is 4.90 Å². The fourth-order valence-corrected chi connectivity index (χ4v) is 3.03. The molecule has 1 aliphatic carbocycles. The number of rotatable bonds is 3. The first-order valence-electron chi connectivity index (χ1n) is 6.80. The number of likely N-dealkylation sites (tertiary alicyclic amines) is 1. The minimum atomic E-state index is -0.0679. The average Bonchev–Trinajstić information content (AvgIpc) is 2.40. The number of hydrogen-bond acceptors (Lipinski definition) is 3. The van der Waals surface area contributed by atoms with E-state index in [1.54, 1.807) is 0 Å². The van der Waals surface area contributed by atoms with Crippen molar-refractivity contribution < 1.29 is 9.53 Å². The smallest absolute Gasteiger partial charge is 0.307 e. The van der Waals surface area contributed by atoms with Crippen LogP contribution in [0, 0.1) is 0 Å². The average molecular weight is 237 g/mol. The van der Waals surface area contributed by atoms with E-state index in [9.17, 15) is 4.79 Å². The number of carbonyl (C=O) groups excluding carboxylic acids is 1. The highest BCUT2D eigenvalue weighted by atomic mass is 16.5. The standard InChI is InChI=1S/C14H23NO2/c1-17-14(16)11-13-9-5-6-10-15(13)12-7-3-2-4-8-12/h3,7,12-13H,2,4-6,8-11H2,1H3. The molecule has 0 radical (unpaired) electrons. The zero-order valence-corrected chi connectivity index (χ0v) is 10.7. The number of esters is 1. The predicted octanol–water partition coefficient (Wildman–Crippen LogP) is 2.51. The van der Waals surface area contributed by atoms with Gasteiger partial charge in [-0.2, -0.15) is 0 Å². The van der Waals surface area contributed by atoms with Crippen molar-refractivity contribution in [1.29, 1.82) is 0 Å². The summed E-state index contributed by atoms with van der Waals surface area (Å²) in [5.74, 6) is -0.0679. The van der Waals surface area contributed by atoms with Crippen molar-refractivity contribution in [3.8, 4) is 0 Å². The summed E-state index contributed by atoms with van der Waals surface area (Å²) < 4.78 is 4.81. The zero-order chi connectivity index (χ0) is 12.1. The van der Waals surface area contributed by atoms with E-state index in [-0.39, 0.29) is 5.97 Å². The van der Waals surface area contributed by atoms with Gasteiger partial charge in [-0.05, 0) is 38.6 Å². The summed E-state index contributed by atoms with van der Waals surface area (Å²) >= 11 is 0. The summed E-state index contributed by atoms with van der Waals surface area (Å²) in [6.07, 6.45) is 12.6. The van der Waals surface area contributed by atoms with Gasteiger partial charge >= 0.3 is 5.97 Å². The maximum atomic E-state index is 11.4. The normalized spacial score (nSPS) is 30.2. The topological polar surface area (TPSA) is 29.5 Å². The highest BCUT2D eigenvalue weighted by molar-refractivity contribution is 5.69. The van der Waals surface area contributed by atoms with E-state index in [4.69, 9.17) is 4.74 Å². The summed E-state index contributed by atoms with van der Waals surface area (Å²) in [5, 5.41) is 0. The molecule has 2 aliphatic rings. The first-order chi connectivity index (χ1) is 8.31. The number of methoxy groups -OCH3 is 1. The molecule has 17 heavy (non-hydrogen) atoms. The molecule has 2 atom stereocenters. The summed E-state index contributed by atoms with van der Waals surface area (Å²) in [6, 6.07) is 0.947. The van der Waals surface area contributed by atoms with Crippen LogP contribution < -0.4 is 0 Å². The van der Waals surface area contributed by atoms with Crippen LogP contribution in [0.2, 0.25) is 0 Å². The summed E-state index contributed by atoms with van der Waals surface area (Å²) in [6.45, 7) is 1.14. The highest BCUT2D eigenvalue weighted by Gasteiger charge is 2.29. The lowest BCUT2D eigenvalue weighted by Crippen LogP contribution is -2.47. The quantitative estimate of drug-likeness (QED) is 0.558. The largest absolute Gasteiger partial charge is 0.469 e. The van der Waals surface area contributed by atoms with Crippen LogP contribution in [0.15, 0.2) is 12.2 Å². The van der Waals surface area contributed by atoms with E-state index in [0.717, 1.165) is 13.0 Å². The van der Waals surface area contributed by atoms with Gasteiger partial charge in [-0.25, -0.2) is 0 Å². The number of ether oxygens (including phenoxy) is 1.